The first-order valence-electron chi connectivity index (χ1n) is 6.93. The second-order valence-corrected chi connectivity index (χ2v) is 5.99. The van der Waals surface area contributed by atoms with Gasteiger partial charge in [0, 0.05) is 11.4 Å². The van der Waals surface area contributed by atoms with Crippen molar-refractivity contribution in [2.24, 2.45) is 4.99 Å². The number of ether oxygens (including phenoxy) is 1. The molecular formula is C17H18N2OS. The van der Waals surface area contributed by atoms with Gasteiger partial charge in [0.2, 0.25) is 0 Å². The monoisotopic (exact) mass is 298 g/mol. The van der Waals surface area contributed by atoms with E-state index in [0.717, 1.165) is 27.9 Å². The number of nitrogens with one attached hydrogen (secondary N) is 1. The maximum atomic E-state index is 5.28. The Labute approximate surface area is 129 Å². The molecule has 1 aliphatic heterocycles. The molecule has 1 heterocycles. The zero-order valence-electron chi connectivity index (χ0n) is 12.2. The summed E-state index contributed by atoms with van der Waals surface area (Å²) in [7, 11) is 1.69. The fraction of sp³-hybridized carbons (Fsp3) is 0.235. The fourth-order valence-corrected chi connectivity index (χ4v) is 3.34. The van der Waals surface area contributed by atoms with Crippen molar-refractivity contribution >= 4 is 22.6 Å². The molecule has 108 valence electrons. The van der Waals surface area contributed by atoms with Gasteiger partial charge >= 0.3 is 0 Å². The smallest absolute Gasteiger partial charge is 0.161 e. The minimum atomic E-state index is 0.248. The lowest BCUT2D eigenvalue weighted by atomic mass is 10.1. The lowest BCUT2D eigenvalue weighted by molar-refractivity contribution is 0.412. The van der Waals surface area contributed by atoms with Gasteiger partial charge in [-0.1, -0.05) is 42.1 Å². The number of hydrogen-bond acceptors (Lipinski definition) is 4. The minimum absolute atomic E-state index is 0.248. The van der Waals surface area contributed by atoms with Gasteiger partial charge in [0.1, 0.15) is 5.75 Å². The highest BCUT2D eigenvalue weighted by Crippen LogP contribution is 2.31. The van der Waals surface area contributed by atoms with Crippen LogP contribution >= 0.6 is 11.8 Å². The maximum absolute atomic E-state index is 5.28. The second-order valence-electron chi connectivity index (χ2n) is 4.98. The molecule has 1 N–H and O–H groups in total. The Morgan fingerprint density at radius 3 is 2.71 bits per heavy atom. The van der Waals surface area contributed by atoms with Crippen LogP contribution in [0.5, 0.6) is 5.75 Å². The van der Waals surface area contributed by atoms with E-state index in [1.54, 1.807) is 18.9 Å². The molecule has 1 aliphatic rings. The number of hydrogen-bond donors (Lipinski definition) is 1. The third-order valence-corrected chi connectivity index (χ3v) is 4.44. The van der Waals surface area contributed by atoms with Crippen LogP contribution in [-0.4, -0.2) is 18.0 Å². The molecule has 0 fully saturated rings. The average molecular weight is 298 g/mol. The van der Waals surface area contributed by atoms with Crippen LogP contribution in [0.25, 0.3) is 0 Å². The number of rotatable bonds is 3. The first-order valence-corrected chi connectivity index (χ1v) is 7.92. The molecule has 0 radical (unpaired) electrons. The highest BCUT2D eigenvalue weighted by atomic mass is 32.2. The highest BCUT2D eigenvalue weighted by Gasteiger charge is 2.19. The van der Waals surface area contributed by atoms with Gasteiger partial charge in [0.15, 0.2) is 5.17 Å². The summed E-state index contributed by atoms with van der Waals surface area (Å²) in [5.74, 6) is 1.89. The van der Waals surface area contributed by atoms with E-state index in [1.807, 2.05) is 25.1 Å². The molecule has 0 spiro atoms. The summed E-state index contributed by atoms with van der Waals surface area (Å²) >= 11 is 1.76. The normalized spacial score (nSPS) is 17.4. The van der Waals surface area contributed by atoms with E-state index >= 15 is 0 Å². The second kappa shape index (κ2) is 6.22. The summed E-state index contributed by atoms with van der Waals surface area (Å²) in [5, 5.41) is 4.37. The third kappa shape index (κ3) is 3.22. The molecule has 0 saturated heterocycles. The molecule has 3 rings (SSSR count). The van der Waals surface area contributed by atoms with E-state index in [1.165, 1.54) is 5.56 Å². The Hall–Kier alpha value is -1.94. The van der Waals surface area contributed by atoms with Gasteiger partial charge < -0.3 is 10.1 Å². The van der Waals surface area contributed by atoms with Crippen molar-refractivity contribution in [1.82, 2.24) is 0 Å². The third-order valence-electron chi connectivity index (χ3n) is 3.48. The van der Waals surface area contributed by atoms with Gasteiger partial charge in [-0.3, -0.25) is 4.99 Å². The quantitative estimate of drug-likeness (QED) is 0.919. The van der Waals surface area contributed by atoms with Crippen molar-refractivity contribution in [2.45, 2.75) is 13.0 Å². The van der Waals surface area contributed by atoms with E-state index in [-0.39, 0.29) is 6.04 Å². The van der Waals surface area contributed by atoms with Crippen LogP contribution in [0.4, 0.5) is 5.69 Å². The van der Waals surface area contributed by atoms with E-state index in [2.05, 4.69) is 35.6 Å². The van der Waals surface area contributed by atoms with Crippen LogP contribution in [0.2, 0.25) is 0 Å². The molecular weight excluding hydrogens is 280 g/mol. The molecule has 0 aromatic heterocycles. The van der Waals surface area contributed by atoms with Crippen molar-refractivity contribution in [3.05, 3.63) is 59.7 Å². The Kier molecular flexibility index (Phi) is 4.15. The number of thioether (sulfide) groups is 1. The first kappa shape index (κ1) is 14.0. The van der Waals surface area contributed by atoms with Crippen molar-refractivity contribution in [2.75, 3.05) is 18.2 Å². The van der Waals surface area contributed by atoms with Crippen LogP contribution < -0.4 is 10.1 Å². The Bertz CT molecular complexity index is 655. The predicted octanol–water partition coefficient (Wildman–Crippen LogP) is 4.26. The van der Waals surface area contributed by atoms with Crippen LogP contribution in [0, 0.1) is 6.92 Å². The molecule has 4 heteroatoms. The summed E-state index contributed by atoms with van der Waals surface area (Å²) in [6.45, 7) is 2.04. The zero-order chi connectivity index (χ0) is 14.7. The largest absolute Gasteiger partial charge is 0.496 e. The van der Waals surface area contributed by atoms with E-state index in [4.69, 9.17) is 9.73 Å². The molecule has 2 aromatic carbocycles. The van der Waals surface area contributed by atoms with Gasteiger partial charge in [0.05, 0.1) is 13.2 Å². The SMILES string of the molecule is COc1ccc(NC2=NC(c3ccccc3)CS2)cc1C. The Morgan fingerprint density at radius 2 is 2.00 bits per heavy atom. The highest BCUT2D eigenvalue weighted by molar-refractivity contribution is 8.14. The van der Waals surface area contributed by atoms with Crippen LogP contribution in [-0.2, 0) is 0 Å². The lowest BCUT2D eigenvalue weighted by Gasteiger charge is -2.09. The number of aryl methyl sites for hydroxylation is 1. The number of methoxy groups -OCH3 is 1. The zero-order valence-corrected chi connectivity index (χ0v) is 13.0. The Balaban J connectivity index is 1.73. The lowest BCUT2D eigenvalue weighted by Crippen LogP contribution is -2.05. The molecule has 0 aliphatic carbocycles. The fourth-order valence-electron chi connectivity index (χ4n) is 2.37. The summed E-state index contributed by atoms with van der Waals surface area (Å²) < 4.78 is 5.28. The van der Waals surface area contributed by atoms with E-state index in [9.17, 15) is 0 Å². The first-order chi connectivity index (χ1) is 10.3. The molecule has 21 heavy (non-hydrogen) atoms. The number of amidine groups is 1. The number of anilines is 1. The number of benzene rings is 2. The molecule has 3 nitrogen and oxygen atoms in total. The van der Waals surface area contributed by atoms with Gasteiger partial charge in [-0.05, 0) is 36.2 Å². The topological polar surface area (TPSA) is 33.6 Å². The molecule has 0 bridgehead atoms. The van der Waals surface area contributed by atoms with Crippen LogP contribution in [0.1, 0.15) is 17.2 Å². The van der Waals surface area contributed by atoms with Crippen molar-refractivity contribution in [3.8, 4) is 5.75 Å². The van der Waals surface area contributed by atoms with Crippen LogP contribution in [0.15, 0.2) is 53.5 Å². The summed E-state index contributed by atoms with van der Waals surface area (Å²) in [5.41, 5.74) is 3.44. The number of aliphatic imine (C=N–C) groups is 1. The van der Waals surface area contributed by atoms with Gasteiger partial charge in [-0.2, -0.15) is 0 Å². The van der Waals surface area contributed by atoms with Gasteiger partial charge in [-0.15, -0.1) is 0 Å². The Morgan fingerprint density at radius 1 is 1.19 bits per heavy atom. The van der Waals surface area contributed by atoms with Crippen molar-refractivity contribution in [3.63, 3.8) is 0 Å². The predicted molar refractivity (Wildman–Crippen MR) is 90.4 cm³/mol. The van der Waals surface area contributed by atoms with Crippen molar-refractivity contribution in [1.29, 1.82) is 0 Å². The van der Waals surface area contributed by atoms with Crippen LogP contribution in [0.3, 0.4) is 0 Å². The average Bonchev–Trinajstić information content (AvgIpc) is 2.97. The van der Waals surface area contributed by atoms with E-state index < -0.39 is 0 Å². The van der Waals surface area contributed by atoms with E-state index in [0.29, 0.717) is 0 Å². The molecule has 1 unspecified atom stereocenters. The standard InChI is InChI=1S/C17H18N2OS/c1-12-10-14(8-9-16(12)20-2)18-17-19-15(11-21-17)13-6-4-3-5-7-13/h3-10,15H,11H2,1-2H3,(H,18,19). The molecule has 0 saturated carbocycles. The van der Waals surface area contributed by atoms with Crippen molar-refractivity contribution < 1.29 is 4.74 Å². The molecule has 2 aromatic rings. The van der Waals surface area contributed by atoms with Gasteiger partial charge in [0.25, 0.3) is 0 Å². The molecule has 1 atom stereocenters. The summed E-state index contributed by atoms with van der Waals surface area (Å²) in [6, 6.07) is 16.8. The minimum Gasteiger partial charge on any atom is -0.496 e. The van der Waals surface area contributed by atoms with Gasteiger partial charge in [-0.25, -0.2) is 0 Å². The molecule has 0 amide bonds. The number of nitrogens with zero attached hydrogens (tertiary/aromatic N) is 1. The summed E-state index contributed by atoms with van der Waals surface area (Å²) in [4.78, 5) is 4.76. The maximum Gasteiger partial charge on any atom is 0.161 e. The summed E-state index contributed by atoms with van der Waals surface area (Å²) in [6.07, 6.45) is 0.